The molecule has 0 saturated carbocycles. The molecule has 2 N–H and O–H groups in total. The van der Waals surface area contributed by atoms with E-state index in [1.165, 1.54) is 5.69 Å². The van der Waals surface area contributed by atoms with Gasteiger partial charge >= 0.3 is 6.03 Å². The normalized spacial score (nSPS) is 15.1. The van der Waals surface area contributed by atoms with Crippen molar-refractivity contribution in [2.24, 2.45) is 0 Å². The molecule has 0 spiro atoms. The van der Waals surface area contributed by atoms with Crippen molar-refractivity contribution >= 4 is 28.4 Å². The number of anilines is 2. The highest BCUT2D eigenvalue weighted by Gasteiger charge is 2.21. The number of hydrogen-bond donors (Lipinski definition) is 2. The number of hydrogen-bond acceptors (Lipinski definition) is 5. The lowest BCUT2D eigenvalue weighted by atomic mass is 10.2. The predicted molar refractivity (Wildman–Crippen MR) is 100 cm³/mol. The second kappa shape index (κ2) is 6.99. The molecule has 4 rings (SSSR count). The average Bonchev–Trinajstić information content (AvgIpc) is 3.00. The molecule has 0 aliphatic carbocycles. The molecule has 134 valence electrons. The van der Waals surface area contributed by atoms with E-state index in [9.17, 15) is 4.79 Å². The Hall–Kier alpha value is -3.16. The lowest BCUT2D eigenvalue weighted by molar-refractivity contribution is 0.215. The maximum Gasteiger partial charge on any atom is 0.321 e. The minimum absolute atomic E-state index is 0.103. The molecular formula is C18H21N7O. The molecule has 1 saturated heterocycles. The molecule has 0 atom stereocenters. The van der Waals surface area contributed by atoms with Gasteiger partial charge in [-0.15, -0.1) is 0 Å². The summed E-state index contributed by atoms with van der Waals surface area (Å²) in [7, 11) is 0. The number of fused-ring (bicyclic) bond motifs is 1. The summed E-state index contributed by atoms with van der Waals surface area (Å²) in [5.41, 5.74) is 4.42. The molecule has 1 aliphatic heterocycles. The van der Waals surface area contributed by atoms with Crippen LogP contribution in [0.4, 0.5) is 16.2 Å². The third-order valence-corrected chi connectivity index (χ3v) is 4.70. The van der Waals surface area contributed by atoms with Gasteiger partial charge in [-0.1, -0.05) is 6.07 Å². The van der Waals surface area contributed by atoms with Crippen LogP contribution in [0.25, 0.3) is 11.0 Å². The first-order valence-electron chi connectivity index (χ1n) is 8.73. The number of aromatic nitrogens is 4. The van der Waals surface area contributed by atoms with Crippen molar-refractivity contribution in [3.8, 4) is 0 Å². The molecule has 8 nitrogen and oxygen atoms in total. The topological polar surface area (TPSA) is 90.0 Å². The van der Waals surface area contributed by atoms with Crippen LogP contribution in [-0.4, -0.2) is 57.5 Å². The van der Waals surface area contributed by atoms with E-state index in [-0.39, 0.29) is 6.03 Å². The van der Waals surface area contributed by atoms with Gasteiger partial charge in [-0.05, 0) is 37.1 Å². The number of para-hydroxylation sites is 1. The van der Waals surface area contributed by atoms with Gasteiger partial charge < -0.3 is 15.1 Å². The second-order valence-electron chi connectivity index (χ2n) is 6.42. The predicted octanol–water partition coefficient (Wildman–Crippen LogP) is 2.41. The van der Waals surface area contributed by atoms with Crippen LogP contribution >= 0.6 is 0 Å². The van der Waals surface area contributed by atoms with Crippen LogP contribution < -0.4 is 10.2 Å². The summed E-state index contributed by atoms with van der Waals surface area (Å²) in [6.07, 6.45) is 4.61. The van der Waals surface area contributed by atoms with Gasteiger partial charge in [0.2, 0.25) is 0 Å². The molecule has 3 heterocycles. The molecule has 2 amide bonds. The average molecular weight is 351 g/mol. The maximum atomic E-state index is 12.7. The van der Waals surface area contributed by atoms with Crippen molar-refractivity contribution in [1.29, 1.82) is 0 Å². The van der Waals surface area contributed by atoms with Gasteiger partial charge in [-0.3, -0.25) is 4.98 Å². The lowest BCUT2D eigenvalue weighted by Crippen LogP contribution is -2.38. The van der Waals surface area contributed by atoms with E-state index in [4.69, 9.17) is 0 Å². The first-order chi connectivity index (χ1) is 12.7. The molecular weight excluding hydrogens is 330 g/mol. The van der Waals surface area contributed by atoms with Gasteiger partial charge in [-0.2, -0.15) is 15.4 Å². The smallest absolute Gasteiger partial charge is 0.321 e. The Kier molecular flexibility index (Phi) is 4.39. The zero-order valence-electron chi connectivity index (χ0n) is 14.6. The van der Waals surface area contributed by atoms with Crippen LogP contribution in [0.15, 0.2) is 36.7 Å². The van der Waals surface area contributed by atoms with Gasteiger partial charge in [0.1, 0.15) is 11.0 Å². The monoisotopic (exact) mass is 351 g/mol. The first kappa shape index (κ1) is 16.3. The Bertz CT molecular complexity index is 923. The summed E-state index contributed by atoms with van der Waals surface area (Å²) in [4.78, 5) is 21.1. The summed E-state index contributed by atoms with van der Waals surface area (Å²) < 4.78 is 0. The van der Waals surface area contributed by atoms with Crippen LogP contribution in [0.3, 0.4) is 0 Å². The molecule has 1 fully saturated rings. The van der Waals surface area contributed by atoms with Crippen molar-refractivity contribution < 1.29 is 4.79 Å². The number of H-pyrrole nitrogens is 1. The van der Waals surface area contributed by atoms with Crippen molar-refractivity contribution in [3.05, 3.63) is 42.2 Å². The van der Waals surface area contributed by atoms with Crippen LogP contribution in [0.2, 0.25) is 0 Å². The Morgan fingerprint density at radius 3 is 2.96 bits per heavy atom. The van der Waals surface area contributed by atoms with Crippen molar-refractivity contribution in [1.82, 2.24) is 25.3 Å². The zero-order valence-corrected chi connectivity index (χ0v) is 14.6. The number of carbonyl (C=O) groups excluding carboxylic acids is 1. The van der Waals surface area contributed by atoms with Crippen molar-refractivity contribution in [2.45, 2.75) is 13.3 Å². The summed E-state index contributed by atoms with van der Waals surface area (Å²) in [5, 5.41) is 13.7. The minimum Gasteiger partial charge on any atom is -0.369 e. The van der Waals surface area contributed by atoms with Gasteiger partial charge in [0.05, 0.1) is 5.69 Å². The zero-order chi connectivity index (χ0) is 17.9. The molecule has 2 aromatic heterocycles. The number of pyridine rings is 1. The van der Waals surface area contributed by atoms with Gasteiger partial charge in [-0.25, -0.2) is 4.79 Å². The van der Waals surface area contributed by atoms with E-state index in [1.54, 1.807) is 0 Å². The largest absolute Gasteiger partial charge is 0.369 e. The quantitative estimate of drug-likeness (QED) is 0.740. The molecule has 26 heavy (non-hydrogen) atoms. The minimum atomic E-state index is -0.103. The Morgan fingerprint density at radius 1 is 1.15 bits per heavy atom. The molecule has 8 heteroatoms. The van der Waals surface area contributed by atoms with E-state index in [0.29, 0.717) is 17.7 Å². The molecule has 0 unspecified atom stereocenters. The molecule has 1 aliphatic rings. The summed E-state index contributed by atoms with van der Waals surface area (Å²) in [6.45, 7) is 5.18. The Balaban J connectivity index is 1.45. The van der Waals surface area contributed by atoms with Crippen LogP contribution in [-0.2, 0) is 0 Å². The molecule has 3 aromatic rings. The van der Waals surface area contributed by atoms with Crippen molar-refractivity contribution in [2.75, 3.05) is 36.4 Å². The highest BCUT2D eigenvalue weighted by atomic mass is 16.2. The van der Waals surface area contributed by atoms with Crippen LogP contribution in [0, 0.1) is 6.92 Å². The number of aryl methyl sites for hydroxylation is 1. The second-order valence-corrected chi connectivity index (χ2v) is 6.42. The fourth-order valence-electron chi connectivity index (χ4n) is 3.35. The third kappa shape index (κ3) is 3.17. The van der Waals surface area contributed by atoms with E-state index >= 15 is 0 Å². The number of aromatic amines is 1. The number of amides is 2. The van der Waals surface area contributed by atoms with Crippen molar-refractivity contribution in [3.63, 3.8) is 0 Å². The third-order valence-electron chi connectivity index (χ3n) is 4.70. The van der Waals surface area contributed by atoms with Gasteiger partial charge in [0.15, 0.2) is 0 Å². The number of nitrogens with zero attached hydrogens (tertiary/aromatic N) is 5. The maximum absolute atomic E-state index is 12.7. The van der Waals surface area contributed by atoms with E-state index in [0.717, 1.165) is 37.1 Å². The van der Waals surface area contributed by atoms with Crippen LogP contribution in [0.5, 0.6) is 0 Å². The fraction of sp³-hybridized carbons (Fsp3) is 0.333. The Morgan fingerprint density at radius 2 is 2.08 bits per heavy atom. The fourth-order valence-corrected chi connectivity index (χ4v) is 3.35. The molecule has 1 aromatic carbocycles. The first-order valence-corrected chi connectivity index (χ1v) is 8.73. The van der Waals surface area contributed by atoms with Gasteiger partial charge in [0, 0.05) is 44.3 Å². The number of carbonyl (C=O) groups is 1. The van der Waals surface area contributed by atoms with Crippen LogP contribution in [0.1, 0.15) is 12.0 Å². The SMILES string of the molecule is Cc1cnccc1N1CCCN(C(=O)Nc2cccc3n[nH]nc23)CC1. The number of benzene rings is 1. The van der Waals surface area contributed by atoms with E-state index in [2.05, 4.69) is 37.5 Å². The number of rotatable bonds is 2. The molecule has 0 radical (unpaired) electrons. The summed E-state index contributed by atoms with van der Waals surface area (Å²) in [6, 6.07) is 7.49. The molecule has 0 bridgehead atoms. The lowest BCUT2D eigenvalue weighted by Gasteiger charge is -2.25. The Labute approximate surface area is 151 Å². The highest BCUT2D eigenvalue weighted by molar-refractivity contribution is 5.98. The highest BCUT2D eigenvalue weighted by Crippen LogP contribution is 2.22. The standard InChI is InChI=1S/C18H21N7O/c1-13-12-19-7-6-16(13)24-8-3-9-25(11-10-24)18(26)20-14-4-2-5-15-17(14)22-23-21-15/h2,4-7,12H,3,8-11H2,1H3,(H,20,26)(H,21,22,23). The summed E-state index contributed by atoms with van der Waals surface area (Å²) in [5.74, 6) is 0. The van der Waals surface area contributed by atoms with E-state index < -0.39 is 0 Å². The number of urea groups is 1. The van der Waals surface area contributed by atoms with Gasteiger partial charge in [0.25, 0.3) is 0 Å². The van der Waals surface area contributed by atoms with E-state index in [1.807, 2.05) is 41.6 Å². The number of nitrogens with one attached hydrogen (secondary N) is 2. The summed E-state index contributed by atoms with van der Waals surface area (Å²) >= 11 is 0.